The second-order valence-corrected chi connectivity index (χ2v) is 3.85. The molecule has 0 aliphatic carbocycles. The molecule has 0 spiro atoms. The van der Waals surface area contributed by atoms with Crippen molar-refractivity contribution in [3.63, 3.8) is 0 Å². The fraction of sp³-hybridized carbons (Fsp3) is 0.333. The molecule has 0 bridgehead atoms. The number of benzene rings is 1. The van der Waals surface area contributed by atoms with E-state index in [-0.39, 0.29) is 17.2 Å². The Morgan fingerprint density at radius 1 is 1.44 bits per heavy atom. The van der Waals surface area contributed by atoms with Gasteiger partial charge < -0.3 is 15.2 Å². The van der Waals surface area contributed by atoms with Gasteiger partial charge in [-0.25, -0.2) is 4.79 Å². The van der Waals surface area contributed by atoms with Gasteiger partial charge in [0.15, 0.2) is 6.04 Å². The summed E-state index contributed by atoms with van der Waals surface area (Å²) in [7, 11) is 0. The predicted octanol–water partition coefficient (Wildman–Crippen LogP) is 0.994. The van der Waals surface area contributed by atoms with Gasteiger partial charge >= 0.3 is 5.97 Å². The van der Waals surface area contributed by atoms with Crippen LogP contribution in [0.4, 0.5) is 0 Å². The Kier molecular flexibility index (Phi) is 5.61. The van der Waals surface area contributed by atoms with Gasteiger partial charge in [0.1, 0.15) is 0 Å². The Morgan fingerprint density at radius 2 is 2.11 bits per heavy atom. The molecular formula is C12H14ClNO4. The lowest BCUT2D eigenvalue weighted by molar-refractivity contribution is -0.146. The van der Waals surface area contributed by atoms with Gasteiger partial charge in [0.2, 0.25) is 0 Å². The first kappa shape index (κ1) is 14.5. The van der Waals surface area contributed by atoms with Crippen molar-refractivity contribution in [1.82, 2.24) is 5.32 Å². The Labute approximate surface area is 110 Å². The minimum Gasteiger partial charge on any atom is -0.464 e. The first-order valence-corrected chi connectivity index (χ1v) is 5.80. The molecule has 0 saturated heterocycles. The number of hydrogen-bond donors (Lipinski definition) is 2. The van der Waals surface area contributed by atoms with E-state index in [2.05, 4.69) is 5.32 Å². The zero-order valence-electron chi connectivity index (χ0n) is 9.85. The highest BCUT2D eigenvalue weighted by Gasteiger charge is 2.22. The molecule has 0 saturated carbocycles. The lowest BCUT2D eigenvalue weighted by Gasteiger charge is -2.15. The van der Waals surface area contributed by atoms with Gasteiger partial charge in [0.25, 0.3) is 5.91 Å². The molecule has 0 aliphatic heterocycles. The van der Waals surface area contributed by atoms with Gasteiger partial charge in [0, 0.05) is 0 Å². The van der Waals surface area contributed by atoms with E-state index in [1.807, 2.05) is 0 Å². The molecular weight excluding hydrogens is 258 g/mol. The van der Waals surface area contributed by atoms with Crippen LogP contribution in [0.2, 0.25) is 5.02 Å². The molecule has 1 atom stereocenters. The standard InChI is InChI=1S/C12H14ClNO4/c1-2-18-12(17)10(7-15)14-11(16)8-5-3-4-6-9(8)13/h3-6,10,15H,2,7H2,1H3,(H,14,16). The van der Waals surface area contributed by atoms with E-state index in [1.54, 1.807) is 25.1 Å². The number of esters is 1. The minimum absolute atomic E-state index is 0.178. The predicted molar refractivity (Wildman–Crippen MR) is 66.4 cm³/mol. The van der Waals surface area contributed by atoms with Gasteiger partial charge in [-0.15, -0.1) is 0 Å². The average Bonchev–Trinajstić information content (AvgIpc) is 2.36. The summed E-state index contributed by atoms with van der Waals surface area (Å²) in [5.41, 5.74) is 0.238. The zero-order valence-corrected chi connectivity index (χ0v) is 10.6. The van der Waals surface area contributed by atoms with Crippen LogP contribution in [0, 0.1) is 0 Å². The largest absolute Gasteiger partial charge is 0.464 e. The highest BCUT2D eigenvalue weighted by molar-refractivity contribution is 6.33. The third-order valence-corrected chi connectivity index (χ3v) is 2.51. The molecule has 98 valence electrons. The lowest BCUT2D eigenvalue weighted by Crippen LogP contribution is -2.44. The lowest BCUT2D eigenvalue weighted by atomic mass is 10.2. The van der Waals surface area contributed by atoms with E-state index >= 15 is 0 Å². The van der Waals surface area contributed by atoms with Gasteiger partial charge in [0.05, 0.1) is 23.8 Å². The van der Waals surface area contributed by atoms with E-state index in [0.29, 0.717) is 0 Å². The van der Waals surface area contributed by atoms with Crippen LogP contribution in [-0.2, 0) is 9.53 Å². The van der Waals surface area contributed by atoms with Crippen LogP contribution in [0.1, 0.15) is 17.3 Å². The maximum absolute atomic E-state index is 11.8. The third kappa shape index (κ3) is 3.72. The summed E-state index contributed by atoms with van der Waals surface area (Å²) in [6.07, 6.45) is 0. The molecule has 0 heterocycles. The summed E-state index contributed by atoms with van der Waals surface area (Å²) in [4.78, 5) is 23.2. The van der Waals surface area contributed by atoms with Crippen LogP contribution >= 0.6 is 11.6 Å². The summed E-state index contributed by atoms with van der Waals surface area (Å²) in [5, 5.41) is 11.7. The second-order valence-electron chi connectivity index (χ2n) is 3.44. The highest BCUT2D eigenvalue weighted by Crippen LogP contribution is 2.14. The molecule has 5 nitrogen and oxygen atoms in total. The zero-order chi connectivity index (χ0) is 13.5. The van der Waals surface area contributed by atoms with Crippen LogP contribution in [0.25, 0.3) is 0 Å². The Balaban J connectivity index is 2.74. The maximum atomic E-state index is 11.8. The van der Waals surface area contributed by atoms with Crippen LogP contribution in [0.15, 0.2) is 24.3 Å². The molecule has 6 heteroatoms. The number of halogens is 1. The summed E-state index contributed by atoms with van der Waals surface area (Å²) in [6, 6.07) is 5.34. The Hall–Kier alpha value is -1.59. The monoisotopic (exact) mass is 271 g/mol. The molecule has 1 unspecified atom stereocenters. The maximum Gasteiger partial charge on any atom is 0.331 e. The number of nitrogens with one attached hydrogen (secondary N) is 1. The molecule has 1 aromatic carbocycles. The minimum atomic E-state index is -1.09. The highest BCUT2D eigenvalue weighted by atomic mass is 35.5. The molecule has 0 radical (unpaired) electrons. The second kappa shape index (κ2) is 6.98. The number of carbonyl (C=O) groups excluding carboxylic acids is 2. The molecule has 0 aromatic heterocycles. The number of ether oxygens (including phenoxy) is 1. The average molecular weight is 272 g/mol. The Bertz CT molecular complexity index is 436. The number of amides is 1. The van der Waals surface area contributed by atoms with Crippen molar-refractivity contribution in [2.45, 2.75) is 13.0 Å². The molecule has 0 fully saturated rings. The van der Waals surface area contributed by atoms with E-state index in [1.165, 1.54) is 6.07 Å². The van der Waals surface area contributed by atoms with Crippen molar-refractivity contribution < 1.29 is 19.4 Å². The van der Waals surface area contributed by atoms with Gasteiger partial charge in [-0.1, -0.05) is 23.7 Å². The molecule has 1 amide bonds. The van der Waals surface area contributed by atoms with Crippen molar-refractivity contribution in [1.29, 1.82) is 0 Å². The fourth-order valence-electron chi connectivity index (χ4n) is 1.30. The SMILES string of the molecule is CCOC(=O)C(CO)NC(=O)c1ccccc1Cl. The van der Waals surface area contributed by atoms with E-state index in [0.717, 1.165) is 0 Å². The van der Waals surface area contributed by atoms with Gasteiger partial charge in [-0.05, 0) is 19.1 Å². The number of carbonyl (C=O) groups is 2. The van der Waals surface area contributed by atoms with Crippen molar-refractivity contribution in [3.05, 3.63) is 34.9 Å². The first-order chi connectivity index (χ1) is 8.60. The number of aliphatic hydroxyl groups is 1. The molecule has 1 aromatic rings. The van der Waals surface area contributed by atoms with Crippen LogP contribution < -0.4 is 5.32 Å². The van der Waals surface area contributed by atoms with Crippen LogP contribution in [0.3, 0.4) is 0 Å². The van der Waals surface area contributed by atoms with Crippen molar-refractivity contribution in [3.8, 4) is 0 Å². The number of hydrogen-bond acceptors (Lipinski definition) is 4. The fourth-order valence-corrected chi connectivity index (χ4v) is 1.52. The summed E-state index contributed by atoms with van der Waals surface area (Å²) in [5.74, 6) is -1.21. The molecule has 1 rings (SSSR count). The van der Waals surface area contributed by atoms with E-state index in [4.69, 9.17) is 21.4 Å². The summed E-state index contributed by atoms with van der Waals surface area (Å²) >= 11 is 5.85. The van der Waals surface area contributed by atoms with Crippen LogP contribution in [-0.4, -0.2) is 36.2 Å². The normalized spacial score (nSPS) is 11.7. The van der Waals surface area contributed by atoms with E-state index < -0.39 is 24.5 Å². The van der Waals surface area contributed by atoms with E-state index in [9.17, 15) is 9.59 Å². The van der Waals surface area contributed by atoms with Crippen molar-refractivity contribution in [2.24, 2.45) is 0 Å². The van der Waals surface area contributed by atoms with Gasteiger partial charge in [-0.2, -0.15) is 0 Å². The third-order valence-electron chi connectivity index (χ3n) is 2.18. The topological polar surface area (TPSA) is 75.6 Å². The van der Waals surface area contributed by atoms with Crippen molar-refractivity contribution >= 4 is 23.5 Å². The summed E-state index contributed by atoms with van der Waals surface area (Å²) < 4.78 is 4.72. The van der Waals surface area contributed by atoms with Crippen LogP contribution in [0.5, 0.6) is 0 Å². The Morgan fingerprint density at radius 3 is 2.67 bits per heavy atom. The van der Waals surface area contributed by atoms with Crippen molar-refractivity contribution in [2.75, 3.05) is 13.2 Å². The quantitative estimate of drug-likeness (QED) is 0.783. The summed E-state index contributed by atoms with van der Waals surface area (Å²) in [6.45, 7) is 1.29. The first-order valence-electron chi connectivity index (χ1n) is 5.43. The smallest absolute Gasteiger partial charge is 0.331 e. The van der Waals surface area contributed by atoms with Gasteiger partial charge in [-0.3, -0.25) is 4.79 Å². The molecule has 2 N–H and O–H groups in total. The molecule has 18 heavy (non-hydrogen) atoms. The molecule has 0 aliphatic rings. The number of rotatable bonds is 5. The number of aliphatic hydroxyl groups excluding tert-OH is 1.